The van der Waals surface area contributed by atoms with E-state index in [9.17, 15) is 9.18 Å². The van der Waals surface area contributed by atoms with Crippen molar-refractivity contribution in [3.63, 3.8) is 0 Å². The Morgan fingerprint density at radius 1 is 1.21 bits per heavy atom. The average Bonchev–Trinajstić information content (AvgIpc) is 3.31. The van der Waals surface area contributed by atoms with Gasteiger partial charge in [0.2, 0.25) is 5.91 Å². The number of fused-ring (bicyclic) bond motifs is 2. The molecular formula is C20H22FNOS. The first-order valence-corrected chi connectivity index (χ1v) is 9.65. The minimum absolute atomic E-state index is 0.121. The van der Waals surface area contributed by atoms with Crippen LogP contribution in [0.1, 0.15) is 48.6 Å². The summed E-state index contributed by atoms with van der Waals surface area (Å²) in [6.45, 7) is 0. The lowest BCUT2D eigenvalue weighted by atomic mass is 9.86. The topological polar surface area (TPSA) is 29.1 Å². The van der Waals surface area contributed by atoms with Crippen LogP contribution >= 0.6 is 11.3 Å². The van der Waals surface area contributed by atoms with Crippen LogP contribution in [0.25, 0.3) is 0 Å². The molecule has 0 spiro atoms. The van der Waals surface area contributed by atoms with Gasteiger partial charge in [0.15, 0.2) is 0 Å². The van der Waals surface area contributed by atoms with Crippen LogP contribution in [0, 0.1) is 23.6 Å². The molecule has 1 amide bonds. The molecule has 2 bridgehead atoms. The summed E-state index contributed by atoms with van der Waals surface area (Å²) in [4.78, 5) is 13.7. The van der Waals surface area contributed by atoms with E-state index in [-0.39, 0.29) is 17.8 Å². The van der Waals surface area contributed by atoms with Gasteiger partial charge < -0.3 is 5.32 Å². The highest BCUT2D eigenvalue weighted by atomic mass is 32.1. The van der Waals surface area contributed by atoms with E-state index >= 15 is 0 Å². The first-order valence-electron chi connectivity index (χ1n) is 8.77. The third-order valence-electron chi connectivity index (χ3n) is 5.67. The Kier molecular flexibility index (Phi) is 4.40. The first-order chi connectivity index (χ1) is 11.7. The average molecular weight is 343 g/mol. The summed E-state index contributed by atoms with van der Waals surface area (Å²) in [6, 6.07) is 10.3. The molecule has 2 aliphatic rings. The lowest BCUT2D eigenvalue weighted by molar-refractivity contribution is -0.122. The van der Waals surface area contributed by atoms with Crippen molar-refractivity contribution < 1.29 is 9.18 Å². The number of halogens is 1. The van der Waals surface area contributed by atoms with E-state index in [1.807, 2.05) is 17.5 Å². The highest BCUT2D eigenvalue weighted by Crippen LogP contribution is 2.49. The molecule has 0 aliphatic heterocycles. The number of benzene rings is 1. The van der Waals surface area contributed by atoms with Crippen LogP contribution in [0.2, 0.25) is 0 Å². The highest BCUT2D eigenvalue weighted by molar-refractivity contribution is 7.10. The maximum atomic E-state index is 13.2. The fraction of sp³-hybridized carbons (Fsp3) is 0.450. The molecule has 1 heterocycles. The fourth-order valence-electron chi connectivity index (χ4n) is 4.51. The van der Waals surface area contributed by atoms with E-state index in [0.717, 1.165) is 22.3 Å². The molecule has 4 heteroatoms. The lowest BCUT2D eigenvalue weighted by Gasteiger charge is -2.23. The van der Waals surface area contributed by atoms with E-state index in [1.54, 1.807) is 23.5 Å². The van der Waals surface area contributed by atoms with Gasteiger partial charge in [-0.1, -0.05) is 24.6 Å². The monoisotopic (exact) mass is 343 g/mol. The maximum absolute atomic E-state index is 13.2. The van der Waals surface area contributed by atoms with E-state index in [2.05, 4.69) is 5.32 Å². The van der Waals surface area contributed by atoms with Crippen LogP contribution in [0.4, 0.5) is 4.39 Å². The Morgan fingerprint density at radius 2 is 2.04 bits per heavy atom. The standard InChI is InChI=1S/C20H22FNOS/c21-17-7-5-14(6-8-17)20(18-2-1-9-24-18)22-19(23)12-16-11-13-3-4-15(16)10-13/h1-2,5-9,13,15-16,20H,3-4,10-12H2,(H,22,23). The molecule has 0 radical (unpaired) electrons. The predicted molar refractivity (Wildman–Crippen MR) is 94.3 cm³/mol. The van der Waals surface area contributed by atoms with Crippen molar-refractivity contribution in [3.05, 3.63) is 58.0 Å². The van der Waals surface area contributed by atoms with Crippen molar-refractivity contribution in [2.45, 2.75) is 38.1 Å². The van der Waals surface area contributed by atoms with Crippen LogP contribution in [0.5, 0.6) is 0 Å². The number of nitrogens with one attached hydrogen (secondary N) is 1. The molecule has 4 atom stereocenters. The molecule has 1 aromatic heterocycles. The zero-order valence-corrected chi connectivity index (χ0v) is 14.4. The summed E-state index contributed by atoms with van der Waals surface area (Å²) in [7, 11) is 0. The second-order valence-corrected chi connectivity index (χ2v) is 8.19. The third kappa shape index (κ3) is 3.25. The van der Waals surface area contributed by atoms with Gasteiger partial charge in [-0.15, -0.1) is 11.3 Å². The SMILES string of the molecule is O=C(CC1CC2CCC1C2)NC(c1ccc(F)cc1)c1cccs1. The van der Waals surface area contributed by atoms with Gasteiger partial charge in [-0.2, -0.15) is 0 Å². The smallest absolute Gasteiger partial charge is 0.221 e. The zero-order chi connectivity index (χ0) is 16.5. The van der Waals surface area contributed by atoms with Crippen LogP contribution in [0.3, 0.4) is 0 Å². The molecule has 2 fully saturated rings. The Bertz CT molecular complexity index is 697. The molecule has 1 N–H and O–H groups in total. The summed E-state index contributed by atoms with van der Waals surface area (Å²) < 4.78 is 13.2. The van der Waals surface area contributed by atoms with E-state index in [1.165, 1.54) is 37.8 Å². The number of carbonyl (C=O) groups excluding carboxylic acids is 1. The van der Waals surface area contributed by atoms with Crippen LogP contribution in [-0.2, 0) is 4.79 Å². The summed E-state index contributed by atoms with van der Waals surface area (Å²) >= 11 is 1.62. The van der Waals surface area contributed by atoms with Gasteiger partial charge in [0.25, 0.3) is 0 Å². The van der Waals surface area contributed by atoms with Gasteiger partial charge in [-0.3, -0.25) is 4.79 Å². The molecule has 2 nitrogen and oxygen atoms in total. The van der Waals surface area contributed by atoms with Crippen molar-refractivity contribution in [2.24, 2.45) is 17.8 Å². The van der Waals surface area contributed by atoms with Crippen molar-refractivity contribution in [1.82, 2.24) is 5.32 Å². The molecule has 1 aromatic carbocycles. The minimum Gasteiger partial charge on any atom is -0.344 e. The normalized spacial score (nSPS) is 26.5. The number of carbonyl (C=O) groups is 1. The second kappa shape index (κ2) is 6.67. The fourth-order valence-corrected chi connectivity index (χ4v) is 5.32. The molecule has 2 saturated carbocycles. The molecule has 24 heavy (non-hydrogen) atoms. The largest absolute Gasteiger partial charge is 0.344 e. The Hall–Kier alpha value is -1.68. The molecule has 126 valence electrons. The Balaban J connectivity index is 1.47. The maximum Gasteiger partial charge on any atom is 0.221 e. The van der Waals surface area contributed by atoms with Gasteiger partial charge in [0.1, 0.15) is 5.82 Å². The van der Waals surface area contributed by atoms with Gasteiger partial charge in [-0.05, 0) is 66.2 Å². The number of amides is 1. The molecule has 4 rings (SSSR count). The third-order valence-corrected chi connectivity index (χ3v) is 6.61. The van der Waals surface area contributed by atoms with Gasteiger partial charge in [0.05, 0.1) is 6.04 Å². The molecular weight excluding hydrogens is 321 g/mol. The number of hydrogen-bond donors (Lipinski definition) is 1. The van der Waals surface area contributed by atoms with E-state index in [0.29, 0.717) is 12.3 Å². The summed E-state index contributed by atoms with van der Waals surface area (Å²) in [5.74, 6) is 2.04. The van der Waals surface area contributed by atoms with Gasteiger partial charge >= 0.3 is 0 Å². The Morgan fingerprint density at radius 3 is 2.67 bits per heavy atom. The van der Waals surface area contributed by atoms with E-state index in [4.69, 9.17) is 0 Å². The number of rotatable bonds is 5. The first kappa shape index (κ1) is 15.8. The predicted octanol–water partition coefficient (Wildman–Crippen LogP) is 4.92. The van der Waals surface area contributed by atoms with Crippen molar-refractivity contribution in [1.29, 1.82) is 0 Å². The number of thiophene rings is 1. The quantitative estimate of drug-likeness (QED) is 0.820. The lowest BCUT2D eigenvalue weighted by Crippen LogP contribution is -2.31. The van der Waals surface area contributed by atoms with E-state index < -0.39 is 0 Å². The van der Waals surface area contributed by atoms with Gasteiger partial charge in [-0.25, -0.2) is 4.39 Å². The molecule has 2 aromatic rings. The van der Waals surface area contributed by atoms with Crippen molar-refractivity contribution >= 4 is 17.2 Å². The summed E-state index contributed by atoms with van der Waals surface area (Å²) in [5.41, 5.74) is 0.931. The second-order valence-electron chi connectivity index (χ2n) is 7.21. The zero-order valence-electron chi connectivity index (χ0n) is 13.6. The van der Waals surface area contributed by atoms with Crippen LogP contribution in [-0.4, -0.2) is 5.91 Å². The molecule has 0 saturated heterocycles. The summed E-state index contributed by atoms with van der Waals surface area (Å²) in [6.07, 6.45) is 5.83. The Labute approximate surface area is 146 Å². The van der Waals surface area contributed by atoms with Crippen molar-refractivity contribution in [3.8, 4) is 0 Å². The number of hydrogen-bond acceptors (Lipinski definition) is 2. The van der Waals surface area contributed by atoms with Gasteiger partial charge in [0, 0.05) is 11.3 Å². The van der Waals surface area contributed by atoms with Crippen LogP contribution < -0.4 is 5.32 Å². The van der Waals surface area contributed by atoms with Crippen LogP contribution in [0.15, 0.2) is 41.8 Å². The molecule has 2 aliphatic carbocycles. The highest BCUT2D eigenvalue weighted by Gasteiger charge is 2.40. The van der Waals surface area contributed by atoms with Crippen molar-refractivity contribution in [2.75, 3.05) is 0 Å². The molecule has 4 unspecified atom stereocenters. The minimum atomic E-state index is -0.253. The summed E-state index contributed by atoms with van der Waals surface area (Å²) in [5, 5.41) is 5.20.